The molecule has 11 heteroatoms. The highest BCUT2D eigenvalue weighted by molar-refractivity contribution is 5.69. The Bertz CT molecular complexity index is 1100. The van der Waals surface area contributed by atoms with E-state index in [4.69, 9.17) is 14.2 Å². The number of alkyl halides is 3. The number of anilines is 1. The van der Waals surface area contributed by atoms with Crippen LogP contribution in [0.1, 0.15) is 59.9 Å². The van der Waals surface area contributed by atoms with E-state index in [1.807, 2.05) is 13.8 Å². The van der Waals surface area contributed by atoms with Crippen LogP contribution in [0.2, 0.25) is 0 Å². The summed E-state index contributed by atoms with van der Waals surface area (Å²) in [6, 6.07) is 5.52. The maximum atomic E-state index is 14.1. The molecule has 0 aliphatic carbocycles. The van der Waals surface area contributed by atoms with E-state index in [-0.39, 0.29) is 29.9 Å². The van der Waals surface area contributed by atoms with E-state index in [9.17, 15) is 18.0 Å². The number of hydrogen-bond donors (Lipinski definition) is 2. The molecule has 2 N–H and O–H groups in total. The van der Waals surface area contributed by atoms with E-state index >= 15 is 0 Å². The second-order valence-electron chi connectivity index (χ2n) is 11.3. The third kappa shape index (κ3) is 8.75. The Kier molecular flexibility index (Phi) is 9.12. The zero-order chi connectivity index (χ0) is 28.1. The Labute approximate surface area is 221 Å². The van der Waals surface area contributed by atoms with Crippen LogP contribution in [0.4, 0.5) is 23.8 Å². The molecular formula is C27H37F3N4O4. The molecule has 1 aromatic carbocycles. The first kappa shape index (κ1) is 29.5. The van der Waals surface area contributed by atoms with E-state index in [0.29, 0.717) is 31.1 Å². The van der Waals surface area contributed by atoms with E-state index < -0.39 is 29.0 Å². The highest BCUT2D eigenvalue weighted by Gasteiger charge is 2.37. The normalized spacial score (nSPS) is 17.7. The summed E-state index contributed by atoms with van der Waals surface area (Å²) >= 11 is 0. The first-order chi connectivity index (χ1) is 17.6. The Balaban J connectivity index is 1.82. The van der Waals surface area contributed by atoms with E-state index in [1.165, 1.54) is 18.5 Å². The number of rotatable bonds is 9. The summed E-state index contributed by atoms with van der Waals surface area (Å²) in [6.07, 6.45) is -2.73. The van der Waals surface area contributed by atoms with Crippen molar-refractivity contribution in [3.63, 3.8) is 0 Å². The fraction of sp³-hybridized carbons (Fsp3) is 0.593. The number of nitrogens with zero attached hydrogens (tertiary/aromatic N) is 2. The first-order valence-corrected chi connectivity index (χ1v) is 12.7. The van der Waals surface area contributed by atoms with Crippen molar-refractivity contribution in [1.82, 2.24) is 15.3 Å². The summed E-state index contributed by atoms with van der Waals surface area (Å²) in [5.41, 5.74) is -2.00. The predicted molar refractivity (Wildman–Crippen MR) is 138 cm³/mol. The first-order valence-electron chi connectivity index (χ1n) is 12.7. The van der Waals surface area contributed by atoms with Gasteiger partial charge in [-0.1, -0.05) is 13.8 Å². The molecule has 2 heterocycles. The lowest BCUT2D eigenvalue weighted by atomic mass is 9.91. The predicted octanol–water partition coefficient (Wildman–Crippen LogP) is 6.07. The van der Waals surface area contributed by atoms with Crippen molar-refractivity contribution >= 4 is 11.9 Å². The second kappa shape index (κ2) is 11.8. The van der Waals surface area contributed by atoms with Crippen molar-refractivity contribution in [2.24, 2.45) is 5.92 Å². The summed E-state index contributed by atoms with van der Waals surface area (Å²) in [4.78, 5) is 20.8. The molecule has 1 unspecified atom stereocenters. The van der Waals surface area contributed by atoms with Crippen LogP contribution in [0.15, 0.2) is 30.6 Å². The molecule has 1 aliphatic heterocycles. The van der Waals surface area contributed by atoms with Gasteiger partial charge in [-0.25, -0.2) is 14.8 Å². The molecule has 0 spiro atoms. The van der Waals surface area contributed by atoms with Gasteiger partial charge in [-0.15, -0.1) is 0 Å². The lowest BCUT2D eigenvalue weighted by Gasteiger charge is -2.33. The van der Waals surface area contributed by atoms with Gasteiger partial charge in [0.2, 0.25) is 0 Å². The molecule has 38 heavy (non-hydrogen) atoms. The molecule has 2 atom stereocenters. The Hall–Kier alpha value is -3.08. The van der Waals surface area contributed by atoms with E-state index in [2.05, 4.69) is 20.6 Å². The summed E-state index contributed by atoms with van der Waals surface area (Å²) in [5, 5.41) is 6.00. The average Bonchev–Trinajstić information content (AvgIpc) is 3.28. The highest BCUT2D eigenvalue weighted by atomic mass is 19.4. The minimum Gasteiger partial charge on any atom is -0.491 e. The number of amides is 1. The molecule has 1 aliphatic rings. The quantitative estimate of drug-likeness (QED) is 0.400. The maximum Gasteiger partial charge on any atom is 0.419 e. The number of aromatic nitrogens is 2. The van der Waals surface area contributed by atoms with Gasteiger partial charge < -0.3 is 24.8 Å². The molecule has 1 fully saturated rings. The van der Waals surface area contributed by atoms with Crippen molar-refractivity contribution < 1.29 is 32.2 Å². The van der Waals surface area contributed by atoms with Gasteiger partial charge >= 0.3 is 12.3 Å². The van der Waals surface area contributed by atoms with Gasteiger partial charge in [0, 0.05) is 18.2 Å². The second-order valence-corrected chi connectivity index (χ2v) is 11.3. The largest absolute Gasteiger partial charge is 0.491 e. The van der Waals surface area contributed by atoms with Crippen LogP contribution in [-0.4, -0.2) is 53.1 Å². The van der Waals surface area contributed by atoms with Crippen LogP contribution in [0.5, 0.6) is 5.75 Å². The fourth-order valence-corrected chi connectivity index (χ4v) is 4.32. The standard InChI is InChI=1S/C27H37F3N4O4/c1-17(2)13-26(6,34-24(35)38-25(3,4)5)15-37-22-8-7-18(11-20(22)27(28,29)30)21-12-23(32-16-31-21)33-19-9-10-36-14-19/h7-8,11-12,16-17,19H,9-10,13-15H2,1-6H3,(H,34,35)(H,31,32,33)/t19?,26-/m0/s1. The molecular weight excluding hydrogens is 501 g/mol. The number of hydrogen-bond acceptors (Lipinski definition) is 7. The van der Waals surface area contributed by atoms with E-state index in [1.54, 1.807) is 33.8 Å². The topological polar surface area (TPSA) is 94.6 Å². The van der Waals surface area contributed by atoms with Crippen LogP contribution < -0.4 is 15.4 Å². The van der Waals surface area contributed by atoms with Crippen LogP contribution >= 0.6 is 0 Å². The van der Waals surface area contributed by atoms with Gasteiger partial charge in [0.1, 0.15) is 30.1 Å². The SMILES string of the molecule is CC(C)C[C@@](C)(COc1ccc(-c2cc(NC3CCOC3)ncn2)cc1C(F)(F)F)NC(=O)OC(C)(C)C. The van der Waals surface area contributed by atoms with Crippen LogP contribution in [0, 0.1) is 5.92 Å². The van der Waals surface area contributed by atoms with Crippen molar-refractivity contribution in [3.05, 3.63) is 36.2 Å². The lowest BCUT2D eigenvalue weighted by Crippen LogP contribution is -2.52. The minimum atomic E-state index is -4.67. The maximum absolute atomic E-state index is 14.1. The molecule has 3 rings (SSSR count). The van der Waals surface area contributed by atoms with Crippen molar-refractivity contribution in [1.29, 1.82) is 0 Å². The highest BCUT2D eigenvalue weighted by Crippen LogP contribution is 2.39. The number of benzene rings is 1. The molecule has 0 radical (unpaired) electrons. The van der Waals surface area contributed by atoms with Gasteiger partial charge in [-0.2, -0.15) is 13.2 Å². The monoisotopic (exact) mass is 538 g/mol. The van der Waals surface area contributed by atoms with Crippen molar-refractivity contribution in [2.75, 3.05) is 25.1 Å². The van der Waals surface area contributed by atoms with Gasteiger partial charge in [0.15, 0.2) is 0 Å². The molecule has 0 saturated carbocycles. The Morgan fingerprint density at radius 3 is 2.50 bits per heavy atom. The molecule has 1 aromatic heterocycles. The zero-order valence-electron chi connectivity index (χ0n) is 22.7. The third-order valence-electron chi connectivity index (χ3n) is 5.74. The fourth-order valence-electron chi connectivity index (χ4n) is 4.32. The smallest absolute Gasteiger partial charge is 0.419 e. The number of alkyl carbamates (subject to hydrolysis) is 1. The molecule has 0 bridgehead atoms. The summed E-state index contributed by atoms with van der Waals surface area (Å²) in [7, 11) is 0. The lowest BCUT2D eigenvalue weighted by molar-refractivity contribution is -0.139. The average molecular weight is 539 g/mol. The summed E-state index contributed by atoms with van der Waals surface area (Å²) in [5.74, 6) is 0.314. The van der Waals surface area contributed by atoms with Gasteiger partial charge in [-0.05, 0) is 64.7 Å². The number of carbonyl (C=O) groups is 1. The molecule has 2 aromatic rings. The van der Waals surface area contributed by atoms with E-state index in [0.717, 1.165) is 12.5 Å². The number of ether oxygens (including phenoxy) is 3. The Morgan fingerprint density at radius 2 is 1.89 bits per heavy atom. The molecule has 210 valence electrons. The Morgan fingerprint density at radius 1 is 1.16 bits per heavy atom. The number of halogens is 3. The van der Waals surface area contributed by atoms with Crippen LogP contribution in [0.3, 0.4) is 0 Å². The van der Waals surface area contributed by atoms with Crippen molar-refractivity contribution in [2.45, 2.75) is 77.7 Å². The summed E-state index contributed by atoms with van der Waals surface area (Å²) in [6.45, 7) is 11.9. The van der Waals surface area contributed by atoms with Gasteiger partial charge in [-0.3, -0.25) is 0 Å². The minimum absolute atomic E-state index is 0.0914. The van der Waals surface area contributed by atoms with Crippen molar-refractivity contribution in [3.8, 4) is 17.0 Å². The van der Waals surface area contributed by atoms with Crippen LogP contribution in [0.25, 0.3) is 11.3 Å². The van der Waals surface area contributed by atoms with Gasteiger partial charge in [0.25, 0.3) is 0 Å². The summed E-state index contributed by atoms with van der Waals surface area (Å²) < 4.78 is 58.7. The third-order valence-corrected chi connectivity index (χ3v) is 5.74. The molecule has 1 saturated heterocycles. The molecule has 1 amide bonds. The zero-order valence-corrected chi connectivity index (χ0v) is 22.7. The van der Waals surface area contributed by atoms with Crippen LogP contribution in [-0.2, 0) is 15.7 Å². The van der Waals surface area contributed by atoms with Gasteiger partial charge in [0.05, 0.1) is 29.4 Å². The number of nitrogens with one attached hydrogen (secondary N) is 2. The number of carbonyl (C=O) groups excluding carboxylic acids is 1. The molecule has 8 nitrogen and oxygen atoms in total.